The molecule has 0 bridgehead atoms. The highest BCUT2D eigenvalue weighted by molar-refractivity contribution is 9.10. The summed E-state index contributed by atoms with van der Waals surface area (Å²) in [5, 5.41) is 5.64. The second-order valence-electron chi connectivity index (χ2n) is 4.82. The van der Waals surface area contributed by atoms with Crippen molar-refractivity contribution in [2.45, 2.75) is 18.4 Å². The lowest BCUT2D eigenvalue weighted by atomic mass is 10.0. The number of rotatable bonds is 4. The van der Waals surface area contributed by atoms with Crippen LogP contribution in [0, 0.1) is 5.92 Å². The minimum atomic E-state index is 0.476. The average Bonchev–Trinajstić information content (AvgIpc) is 3.08. The van der Waals surface area contributed by atoms with E-state index in [1.54, 1.807) is 0 Å². The van der Waals surface area contributed by atoms with Crippen LogP contribution in [0.25, 0.3) is 0 Å². The van der Waals surface area contributed by atoms with E-state index in [-0.39, 0.29) is 0 Å². The maximum Gasteiger partial charge on any atom is 0.0458 e. The van der Waals surface area contributed by atoms with Gasteiger partial charge in [0.1, 0.15) is 0 Å². The van der Waals surface area contributed by atoms with Gasteiger partial charge < -0.3 is 5.32 Å². The molecular weight excluding hydrogens is 306 g/mol. The SMILES string of the molecule is CNC(c1sccc1Br)C1CC1c1ccccc1. The van der Waals surface area contributed by atoms with E-state index >= 15 is 0 Å². The van der Waals surface area contributed by atoms with Gasteiger partial charge in [-0.2, -0.15) is 0 Å². The van der Waals surface area contributed by atoms with E-state index in [1.165, 1.54) is 21.3 Å². The van der Waals surface area contributed by atoms with Crippen molar-refractivity contribution in [3.8, 4) is 0 Å². The molecule has 1 aliphatic carbocycles. The second-order valence-corrected chi connectivity index (χ2v) is 6.62. The van der Waals surface area contributed by atoms with Gasteiger partial charge in [0, 0.05) is 15.4 Å². The molecule has 1 aromatic carbocycles. The molecule has 3 rings (SSSR count). The Morgan fingerprint density at radius 3 is 2.67 bits per heavy atom. The van der Waals surface area contributed by atoms with Crippen LogP contribution in [-0.4, -0.2) is 7.05 Å². The Hall–Kier alpha value is -0.640. The summed E-state index contributed by atoms with van der Waals surface area (Å²) >= 11 is 5.49. The maximum atomic E-state index is 3.65. The van der Waals surface area contributed by atoms with E-state index in [4.69, 9.17) is 0 Å². The Labute approximate surface area is 120 Å². The Balaban J connectivity index is 1.79. The minimum absolute atomic E-state index is 0.476. The molecule has 1 nitrogen and oxygen atoms in total. The lowest BCUT2D eigenvalue weighted by Crippen LogP contribution is -2.18. The molecule has 1 saturated carbocycles. The Bertz CT molecular complexity index is 522. The second kappa shape index (κ2) is 5.16. The zero-order chi connectivity index (χ0) is 12.5. The van der Waals surface area contributed by atoms with Gasteiger partial charge in [0.25, 0.3) is 0 Å². The van der Waals surface area contributed by atoms with Gasteiger partial charge in [-0.1, -0.05) is 30.3 Å². The van der Waals surface area contributed by atoms with E-state index in [2.05, 4.69) is 70.1 Å². The van der Waals surface area contributed by atoms with Crippen LogP contribution in [0.2, 0.25) is 0 Å². The normalized spacial score (nSPS) is 23.9. The Morgan fingerprint density at radius 2 is 2.06 bits per heavy atom. The molecule has 0 saturated heterocycles. The Morgan fingerprint density at radius 1 is 1.28 bits per heavy atom. The van der Waals surface area contributed by atoms with Crippen molar-refractivity contribution in [2.75, 3.05) is 7.05 Å². The van der Waals surface area contributed by atoms with Crippen LogP contribution >= 0.6 is 27.3 Å². The third-order valence-corrected chi connectivity index (χ3v) is 5.69. The number of halogens is 1. The van der Waals surface area contributed by atoms with Gasteiger partial charge in [0.15, 0.2) is 0 Å². The predicted molar refractivity (Wildman–Crippen MR) is 81.1 cm³/mol. The van der Waals surface area contributed by atoms with Gasteiger partial charge in [-0.3, -0.25) is 0 Å². The number of benzene rings is 1. The lowest BCUT2D eigenvalue weighted by Gasteiger charge is -2.15. The molecule has 1 fully saturated rings. The summed E-state index contributed by atoms with van der Waals surface area (Å²) in [6.07, 6.45) is 1.29. The quantitative estimate of drug-likeness (QED) is 0.869. The molecule has 0 amide bonds. The summed E-state index contributed by atoms with van der Waals surface area (Å²) < 4.78 is 1.24. The van der Waals surface area contributed by atoms with Gasteiger partial charge in [-0.05, 0) is 58.2 Å². The van der Waals surface area contributed by atoms with Crippen LogP contribution in [0.4, 0.5) is 0 Å². The first-order valence-corrected chi connectivity index (χ1v) is 7.93. The number of hydrogen-bond donors (Lipinski definition) is 1. The van der Waals surface area contributed by atoms with Crippen molar-refractivity contribution >= 4 is 27.3 Å². The molecule has 2 aromatic rings. The molecule has 0 spiro atoms. The highest BCUT2D eigenvalue weighted by atomic mass is 79.9. The molecule has 3 heteroatoms. The molecule has 18 heavy (non-hydrogen) atoms. The van der Waals surface area contributed by atoms with Gasteiger partial charge >= 0.3 is 0 Å². The molecule has 1 aliphatic rings. The molecule has 1 heterocycles. The number of thiophene rings is 1. The summed E-state index contributed by atoms with van der Waals surface area (Å²) in [5.74, 6) is 1.45. The minimum Gasteiger partial charge on any atom is -0.312 e. The molecule has 3 unspecified atom stereocenters. The fourth-order valence-electron chi connectivity index (χ4n) is 2.73. The monoisotopic (exact) mass is 321 g/mol. The first-order chi connectivity index (χ1) is 8.81. The lowest BCUT2D eigenvalue weighted by molar-refractivity contribution is 0.524. The predicted octanol–water partition coefficient (Wildman–Crippen LogP) is 4.57. The van der Waals surface area contributed by atoms with Crippen LogP contribution < -0.4 is 5.32 Å². The van der Waals surface area contributed by atoms with Crippen molar-refractivity contribution in [3.05, 3.63) is 56.7 Å². The van der Waals surface area contributed by atoms with Crippen LogP contribution in [0.5, 0.6) is 0 Å². The summed E-state index contributed by atoms with van der Waals surface area (Å²) in [5.41, 5.74) is 1.48. The van der Waals surface area contributed by atoms with Crippen molar-refractivity contribution in [3.63, 3.8) is 0 Å². The topological polar surface area (TPSA) is 12.0 Å². The fraction of sp³-hybridized carbons (Fsp3) is 0.333. The van der Waals surface area contributed by atoms with E-state index < -0.39 is 0 Å². The van der Waals surface area contributed by atoms with Crippen molar-refractivity contribution in [1.29, 1.82) is 0 Å². The van der Waals surface area contributed by atoms with Crippen molar-refractivity contribution in [2.24, 2.45) is 5.92 Å². The first-order valence-electron chi connectivity index (χ1n) is 6.26. The average molecular weight is 322 g/mol. The van der Waals surface area contributed by atoms with Gasteiger partial charge in [-0.15, -0.1) is 11.3 Å². The molecule has 94 valence electrons. The molecule has 3 atom stereocenters. The summed E-state index contributed by atoms with van der Waals surface area (Å²) in [4.78, 5) is 1.43. The van der Waals surface area contributed by atoms with Gasteiger partial charge in [-0.25, -0.2) is 0 Å². The van der Waals surface area contributed by atoms with E-state index in [0.717, 1.165) is 11.8 Å². The zero-order valence-electron chi connectivity index (χ0n) is 10.3. The van der Waals surface area contributed by atoms with E-state index in [0.29, 0.717) is 6.04 Å². The third kappa shape index (κ3) is 2.27. The van der Waals surface area contributed by atoms with Crippen LogP contribution in [0.1, 0.15) is 28.8 Å². The van der Waals surface area contributed by atoms with Gasteiger partial charge in [0.2, 0.25) is 0 Å². The zero-order valence-corrected chi connectivity index (χ0v) is 12.7. The van der Waals surface area contributed by atoms with Crippen LogP contribution in [-0.2, 0) is 0 Å². The maximum absolute atomic E-state index is 3.65. The molecule has 1 N–H and O–H groups in total. The number of nitrogens with one attached hydrogen (secondary N) is 1. The third-order valence-electron chi connectivity index (χ3n) is 3.73. The summed E-state index contributed by atoms with van der Waals surface area (Å²) in [6, 6.07) is 13.5. The van der Waals surface area contributed by atoms with Crippen LogP contribution in [0.3, 0.4) is 0 Å². The highest BCUT2D eigenvalue weighted by Gasteiger charge is 2.44. The molecule has 1 aromatic heterocycles. The summed E-state index contributed by atoms with van der Waals surface area (Å²) in [7, 11) is 2.07. The fourth-order valence-corrected chi connectivity index (χ4v) is 4.54. The first kappa shape index (κ1) is 12.4. The Kier molecular flexibility index (Phi) is 3.55. The highest BCUT2D eigenvalue weighted by Crippen LogP contribution is 2.55. The molecule has 0 aliphatic heterocycles. The largest absolute Gasteiger partial charge is 0.312 e. The van der Waals surface area contributed by atoms with E-state index in [1.807, 2.05) is 11.3 Å². The van der Waals surface area contributed by atoms with Gasteiger partial charge in [0.05, 0.1) is 0 Å². The summed E-state index contributed by atoms with van der Waals surface area (Å²) in [6.45, 7) is 0. The standard InChI is InChI=1S/C15H16BrNS/c1-17-14(15-13(16)7-8-18-15)12-9-11(12)10-5-3-2-4-6-10/h2-8,11-12,14,17H,9H2,1H3. The van der Waals surface area contributed by atoms with Crippen molar-refractivity contribution in [1.82, 2.24) is 5.32 Å². The van der Waals surface area contributed by atoms with E-state index in [9.17, 15) is 0 Å². The molecule has 0 radical (unpaired) electrons. The van der Waals surface area contributed by atoms with Crippen LogP contribution in [0.15, 0.2) is 46.3 Å². The van der Waals surface area contributed by atoms with Crippen molar-refractivity contribution < 1.29 is 0 Å². The molecular formula is C15H16BrNS. The number of hydrogen-bond acceptors (Lipinski definition) is 2. The smallest absolute Gasteiger partial charge is 0.0458 e.